The van der Waals surface area contributed by atoms with Gasteiger partial charge in [0.2, 0.25) is 0 Å². The van der Waals surface area contributed by atoms with Crippen molar-refractivity contribution in [3.05, 3.63) is 95.1 Å². The minimum Gasteiger partial charge on any atom is -0.478 e. The molecule has 0 saturated carbocycles. The fourth-order valence-corrected chi connectivity index (χ4v) is 6.33. The van der Waals surface area contributed by atoms with E-state index in [4.69, 9.17) is 19.9 Å². The van der Waals surface area contributed by atoms with Gasteiger partial charge in [-0.05, 0) is 72.8 Å². The summed E-state index contributed by atoms with van der Waals surface area (Å²) in [6, 6.07) is 17.5. The Balaban J connectivity index is 1.48. The molecule has 16 heteroatoms. The van der Waals surface area contributed by atoms with E-state index in [-0.39, 0.29) is 68.1 Å². The van der Waals surface area contributed by atoms with Crippen LogP contribution in [0.4, 0.5) is 0 Å². The second-order valence-corrected chi connectivity index (χ2v) is 11.9. The molecule has 7 aromatic rings. The van der Waals surface area contributed by atoms with Crippen molar-refractivity contribution in [2.75, 3.05) is 0 Å². The van der Waals surface area contributed by atoms with Gasteiger partial charge in [0.05, 0.1) is 22.3 Å². The van der Waals surface area contributed by atoms with Crippen LogP contribution in [-0.4, -0.2) is 84.2 Å². The molecule has 0 aliphatic carbocycles. The summed E-state index contributed by atoms with van der Waals surface area (Å²) in [4.78, 5) is 82.7. The molecular weight excluding hydrogens is 672 g/mol. The summed E-state index contributed by atoms with van der Waals surface area (Å²) in [7, 11) is 0. The number of aromatic nitrogens is 8. The van der Waals surface area contributed by atoms with E-state index in [0.717, 1.165) is 0 Å². The quantitative estimate of drug-likeness (QED) is 0.130. The fourth-order valence-electron chi connectivity index (χ4n) is 6.33. The molecular formula is C36H18N8O8. The lowest BCUT2D eigenvalue weighted by atomic mass is 10.0. The highest BCUT2D eigenvalue weighted by Crippen LogP contribution is 2.38. The SMILES string of the molecule is O=C(O)c1ccc2c(c1)-c1nc-2nc2[nH]c(nc3nc(nc4[nH]c(n1)c1ccc(C(=O)O)cc41)-c1ccc(C(=O)O)cc1-3)c1ccc(C(=O)O)cc21. The number of H-pyrrole nitrogens is 2. The Bertz CT molecular complexity index is 2800. The Morgan fingerprint density at radius 1 is 0.365 bits per heavy atom. The molecule has 0 atom stereocenters. The van der Waals surface area contributed by atoms with Gasteiger partial charge in [0.25, 0.3) is 0 Å². The Hall–Kier alpha value is -7.88. The summed E-state index contributed by atoms with van der Waals surface area (Å²) >= 11 is 0. The topological polar surface area (TPSA) is 258 Å². The van der Waals surface area contributed by atoms with Gasteiger partial charge in [-0.15, -0.1) is 0 Å². The maximum Gasteiger partial charge on any atom is 0.335 e. The third kappa shape index (κ3) is 4.62. The fraction of sp³-hybridized carbons (Fsp3) is 0. The lowest BCUT2D eigenvalue weighted by molar-refractivity contribution is 0.0686. The van der Waals surface area contributed by atoms with E-state index in [0.29, 0.717) is 43.8 Å². The number of hydrogen-bond acceptors (Lipinski definition) is 10. The van der Waals surface area contributed by atoms with E-state index in [1.807, 2.05) is 0 Å². The highest BCUT2D eigenvalue weighted by molar-refractivity contribution is 6.09. The van der Waals surface area contributed by atoms with Gasteiger partial charge in [-0.1, -0.05) is 0 Å². The van der Waals surface area contributed by atoms with Crippen molar-refractivity contribution < 1.29 is 39.6 Å². The van der Waals surface area contributed by atoms with Crippen LogP contribution in [0.15, 0.2) is 72.8 Å². The molecule has 3 aromatic heterocycles. The first kappa shape index (κ1) is 30.2. The summed E-state index contributed by atoms with van der Waals surface area (Å²) < 4.78 is 0. The van der Waals surface area contributed by atoms with Crippen LogP contribution in [0, 0.1) is 0 Å². The Morgan fingerprint density at radius 2 is 0.673 bits per heavy atom. The van der Waals surface area contributed by atoms with Gasteiger partial charge in [0.15, 0.2) is 23.3 Å². The summed E-state index contributed by atoms with van der Waals surface area (Å²) in [5.74, 6) is -4.25. The van der Waals surface area contributed by atoms with Crippen LogP contribution in [0.5, 0.6) is 0 Å². The summed E-state index contributed by atoms with van der Waals surface area (Å²) in [5.41, 5.74) is 2.27. The zero-order valence-corrected chi connectivity index (χ0v) is 26.0. The first-order valence-electron chi connectivity index (χ1n) is 15.3. The standard InChI is InChI=1S/C36H18N8O8/c45-33(46)13-1-5-17-21(9-13)29-37-25(17)41-30-22-10-14(34(47)48)2-6-18(22)27(38-30)43-32-24-12-16(36(51)52)4-8-20(24)28(40-32)44-31-23-11-15(35(49)50)3-7-19(23)26(39-31)42-29/h1-12H,(H,45,46)(H,47,48)(H,49,50)(H,51,52)(H2,37,38,39,40,41,42,43,44). The summed E-state index contributed by atoms with van der Waals surface area (Å²) in [5, 5.41) is 40.8. The predicted molar refractivity (Wildman–Crippen MR) is 184 cm³/mol. The molecule has 0 fully saturated rings. The molecule has 0 saturated heterocycles. The number of fused-ring (bicyclic) bond motifs is 20. The van der Waals surface area contributed by atoms with Crippen LogP contribution >= 0.6 is 0 Å². The molecule has 0 spiro atoms. The van der Waals surface area contributed by atoms with Crippen LogP contribution in [0.2, 0.25) is 0 Å². The summed E-state index contributed by atoms with van der Waals surface area (Å²) in [6.07, 6.45) is 0. The van der Waals surface area contributed by atoms with Crippen LogP contribution in [0.25, 0.3) is 89.7 Å². The van der Waals surface area contributed by atoms with Crippen molar-refractivity contribution in [3.8, 4) is 45.6 Å². The maximum atomic E-state index is 12.0. The van der Waals surface area contributed by atoms with Crippen molar-refractivity contribution in [2.45, 2.75) is 0 Å². The Labute approximate surface area is 287 Å². The van der Waals surface area contributed by atoms with E-state index in [1.165, 1.54) is 48.5 Å². The van der Waals surface area contributed by atoms with Crippen LogP contribution in [0.1, 0.15) is 41.4 Å². The Morgan fingerprint density at radius 3 is 1.04 bits per heavy atom. The monoisotopic (exact) mass is 690 g/mol. The summed E-state index contributed by atoms with van der Waals surface area (Å²) in [6.45, 7) is 0. The van der Waals surface area contributed by atoms with Gasteiger partial charge in [0, 0.05) is 43.8 Å². The van der Waals surface area contributed by atoms with E-state index in [2.05, 4.69) is 19.9 Å². The molecule has 52 heavy (non-hydrogen) atoms. The van der Waals surface area contributed by atoms with Gasteiger partial charge in [-0.3, -0.25) is 0 Å². The van der Waals surface area contributed by atoms with Gasteiger partial charge in [-0.2, -0.15) is 0 Å². The number of carbonyl (C=O) groups is 4. The second-order valence-electron chi connectivity index (χ2n) is 11.9. The lowest BCUT2D eigenvalue weighted by Crippen LogP contribution is -1.96. The van der Waals surface area contributed by atoms with E-state index in [9.17, 15) is 39.6 Å². The molecule has 0 amide bonds. The number of nitrogens with one attached hydrogen (secondary N) is 2. The van der Waals surface area contributed by atoms with E-state index < -0.39 is 23.9 Å². The van der Waals surface area contributed by atoms with Gasteiger partial charge < -0.3 is 30.4 Å². The largest absolute Gasteiger partial charge is 0.478 e. The molecule has 250 valence electrons. The number of nitrogens with zero attached hydrogens (tertiary/aromatic N) is 6. The normalized spacial score (nSPS) is 11.7. The number of hydrogen-bond donors (Lipinski definition) is 6. The molecule has 5 heterocycles. The average molecular weight is 691 g/mol. The minimum atomic E-state index is -1.18. The zero-order chi connectivity index (χ0) is 36.0. The van der Waals surface area contributed by atoms with Gasteiger partial charge >= 0.3 is 23.9 Å². The third-order valence-electron chi connectivity index (χ3n) is 8.82. The van der Waals surface area contributed by atoms with Crippen molar-refractivity contribution in [1.82, 2.24) is 39.9 Å². The molecule has 8 bridgehead atoms. The molecule has 0 unspecified atom stereocenters. The van der Waals surface area contributed by atoms with Crippen molar-refractivity contribution in [1.29, 1.82) is 0 Å². The number of rotatable bonds is 4. The molecule has 9 rings (SSSR count). The molecule has 0 radical (unpaired) electrons. The third-order valence-corrected chi connectivity index (χ3v) is 8.82. The Kier molecular flexibility index (Phi) is 6.28. The van der Waals surface area contributed by atoms with Crippen molar-refractivity contribution >= 4 is 68.0 Å². The molecule has 16 nitrogen and oxygen atoms in total. The maximum absolute atomic E-state index is 12.0. The molecule has 6 N–H and O–H groups in total. The predicted octanol–water partition coefficient (Wildman–Crippen LogP) is 5.66. The molecule has 2 aliphatic heterocycles. The average Bonchev–Trinajstić information content (AvgIpc) is 3.85. The number of carboxylic acid groups (broad SMARTS) is 4. The second kappa shape index (κ2) is 10.8. The molecule has 2 aliphatic rings. The van der Waals surface area contributed by atoms with Crippen molar-refractivity contribution in [3.63, 3.8) is 0 Å². The molecule has 4 aromatic carbocycles. The van der Waals surface area contributed by atoms with E-state index >= 15 is 0 Å². The van der Waals surface area contributed by atoms with Crippen LogP contribution < -0.4 is 0 Å². The van der Waals surface area contributed by atoms with Crippen LogP contribution in [-0.2, 0) is 0 Å². The number of carboxylic acids is 4. The minimum absolute atomic E-state index is 0.0215. The first-order chi connectivity index (χ1) is 25.0. The van der Waals surface area contributed by atoms with Crippen molar-refractivity contribution in [2.24, 2.45) is 0 Å². The number of aromatic carboxylic acids is 4. The first-order valence-corrected chi connectivity index (χ1v) is 15.3. The van der Waals surface area contributed by atoms with Crippen LogP contribution in [0.3, 0.4) is 0 Å². The highest BCUT2D eigenvalue weighted by Gasteiger charge is 2.25. The number of aromatic amines is 2. The van der Waals surface area contributed by atoms with Gasteiger partial charge in [-0.25, -0.2) is 49.1 Å². The lowest BCUT2D eigenvalue weighted by Gasteiger charge is -2.00. The zero-order valence-electron chi connectivity index (χ0n) is 26.0. The number of benzene rings is 4. The van der Waals surface area contributed by atoms with E-state index in [1.54, 1.807) is 24.3 Å². The highest BCUT2D eigenvalue weighted by atomic mass is 16.4. The smallest absolute Gasteiger partial charge is 0.335 e. The van der Waals surface area contributed by atoms with Gasteiger partial charge in [0.1, 0.15) is 22.6 Å².